The largest absolute Gasteiger partial charge is 0.428 e. The molecule has 0 aliphatic rings. The van der Waals surface area contributed by atoms with E-state index in [1.54, 1.807) is 0 Å². The lowest BCUT2D eigenvalue weighted by Gasteiger charge is -2.09. The number of nitrogens with zero attached hydrogens (tertiary/aromatic N) is 2. The number of hydrogen-bond acceptors (Lipinski definition) is 3. The maximum Gasteiger partial charge on any atom is 0.428 e. The second-order valence-electron chi connectivity index (χ2n) is 2.30. The molecule has 0 amide bonds. The van der Waals surface area contributed by atoms with Crippen LogP contribution in [0.2, 0.25) is 0 Å². The highest BCUT2D eigenvalue weighted by Gasteiger charge is 2.24. The van der Waals surface area contributed by atoms with E-state index in [0.29, 0.717) is 0 Å². The Morgan fingerprint density at radius 3 is 2.42 bits per heavy atom. The number of ketones is 1. The number of rotatable bonds is 3. The molecule has 6 heteroatoms. The number of hydrogen-bond donors (Lipinski definition) is 0. The van der Waals surface area contributed by atoms with Crippen molar-refractivity contribution in [2.24, 2.45) is 5.10 Å². The molecule has 0 heterocycles. The van der Waals surface area contributed by atoms with Crippen molar-refractivity contribution in [3.63, 3.8) is 0 Å². The molecule has 70 valence electrons. The Bertz CT molecular complexity index is 188. The van der Waals surface area contributed by atoms with Gasteiger partial charge in [0.1, 0.15) is 6.21 Å². The Hall–Kier alpha value is -1.07. The number of halogens is 3. The Morgan fingerprint density at radius 1 is 1.58 bits per heavy atom. The highest BCUT2D eigenvalue weighted by atomic mass is 19.4. The Kier molecular flexibility index (Phi) is 3.72. The summed E-state index contributed by atoms with van der Waals surface area (Å²) in [5.74, 6) is -0.239. The summed E-state index contributed by atoms with van der Waals surface area (Å²) in [5.41, 5.74) is 0. The first-order valence-corrected chi connectivity index (χ1v) is 3.13. The molecular weight excluding hydrogens is 173 g/mol. The third-order valence-corrected chi connectivity index (χ3v) is 0.853. The van der Waals surface area contributed by atoms with Gasteiger partial charge in [0.25, 0.3) is 0 Å². The van der Waals surface area contributed by atoms with Crippen LogP contribution in [0.25, 0.3) is 0 Å². The molecule has 0 aliphatic heterocycles. The zero-order valence-corrected chi connectivity index (χ0v) is 6.72. The fourth-order valence-corrected chi connectivity index (χ4v) is 0.527. The van der Waals surface area contributed by atoms with Gasteiger partial charge in [-0.05, 0) is 6.92 Å². The van der Waals surface area contributed by atoms with Gasteiger partial charge in [-0.15, -0.1) is 0 Å². The van der Waals surface area contributed by atoms with Crippen LogP contribution in [0.15, 0.2) is 5.10 Å². The average molecular weight is 182 g/mol. The van der Waals surface area contributed by atoms with Crippen LogP contribution in [-0.4, -0.2) is 36.8 Å². The minimum absolute atomic E-state index is 0.118. The SMILES string of the molecule is CC(=O)CN(C)N=CC(F)(F)F. The van der Waals surface area contributed by atoms with Crippen LogP contribution in [-0.2, 0) is 4.79 Å². The van der Waals surface area contributed by atoms with Gasteiger partial charge in [-0.3, -0.25) is 9.80 Å². The zero-order valence-electron chi connectivity index (χ0n) is 6.72. The van der Waals surface area contributed by atoms with Gasteiger partial charge in [0, 0.05) is 7.05 Å². The number of alkyl halides is 3. The van der Waals surface area contributed by atoms with Crippen LogP contribution in [0, 0.1) is 0 Å². The molecule has 0 saturated heterocycles. The molecule has 0 radical (unpaired) electrons. The molecule has 0 aromatic heterocycles. The quantitative estimate of drug-likeness (QED) is 0.482. The number of likely N-dealkylation sites (N-methyl/N-ethyl adjacent to an activating group) is 1. The highest BCUT2D eigenvalue weighted by Crippen LogP contribution is 2.10. The van der Waals surface area contributed by atoms with Gasteiger partial charge in [0.05, 0.1) is 6.54 Å². The summed E-state index contributed by atoms with van der Waals surface area (Å²) in [6, 6.07) is 0. The predicted octanol–water partition coefficient (Wildman–Crippen LogP) is 1.06. The lowest BCUT2D eigenvalue weighted by Crippen LogP contribution is -2.21. The second-order valence-corrected chi connectivity index (χ2v) is 2.30. The Labute approximate surface area is 67.8 Å². The second kappa shape index (κ2) is 4.08. The molecule has 0 saturated carbocycles. The van der Waals surface area contributed by atoms with E-state index in [2.05, 4.69) is 5.10 Å². The number of carbonyl (C=O) groups is 1. The van der Waals surface area contributed by atoms with Crippen LogP contribution in [0.3, 0.4) is 0 Å². The molecule has 0 aliphatic carbocycles. The first-order valence-electron chi connectivity index (χ1n) is 3.13. The molecule has 0 aromatic rings. The first-order chi connectivity index (χ1) is 5.31. The summed E-state index contributed by atoms with van der Waals surface area (Å²) < 4.78 is 34.5. The number of hydrazone groups is 1. The topological polar surface area (TPSA) is 32.7 Å². The molecule has 0 rings (SSSR count). The molecule has 3 nitrogen and oxygen atoms in total. The molecule has 12 heavy (non-hydrogen) atoms. The molecule has 0 bridgehead atoms. The van der Waals surface area contributed by atoms with Crippen molar-refractivity contribution in [3.8, 4) is 0 Å². The van der Waals surface area contributed by atoms with E-state index in [0.717, 1.165) is 5.01 Å². The lowest BCUT2D eigenvalue weighted by molar-refractivity contribution is -0.117. The van der Waals surface area contributed by atoms with Crippen molar-refractivity contribution >= 4 is 12.0 Å². The first kappa shape index (κ1) is 10.9. The molecule has 0 atom stereocenters. The van der Waals surface area contributed by atoms with Gasteiger partial charge in [-0.2, -0.15) is 18.3 Å². The van der Waals surface area contributed by atoms with Crippen LogP contribution < -0.4 is 0 Å². The summed E-state index contributed by atoms with van der Waals surface area (Å²) in [5, 5.41) is 3.92. The van der Waals surface area contributed by atoms with Gasteiger partial charge >= 0.3 is 6.18 Å². The molecule has 0 unspecified atom stereocenters. The van der Waals surface area contributed by atoms with E-state index in [1.165, 1.54) is 14.0 Å². The molecule has 0 spiro atoms. The van der Waals surface area contributed by atoms with Crippen molar-refractivity contribution < 1.29 is 18.0 Å². The normalized spacial score (nSPS) is 12.1. The Morgan fingerprint density at radius 2 is 2.08 bits per heavy atom. The van der Waals surface area contributed by atoms with Crippen molar-refractivity contribution in [1.82, 2.24) is 5.01 Å². The number of Topliss-reactive ketones (excluding diaryl/α,β-unsaturated/α-hetero) is 1. The summed E-state index contributed by atoms with van der Waals surface area (Å²) in [6.07, 6.45) is -4.58. The van der Waals surface area contributed by atoms with Gasteiger partial charge in [0.15, 0.2) is 5.78 Å². The zero-order chi connectivity index (χ0) is 9.78. The summed E-state index contributed by atoms with van der Waals surface area (Å²) >= 11 is 0. The third-order valence-electron chi connectivity index (χ3n) is 0.853. The standard InChI is InChI=1S/C6H9F3N2O/c1-5(12)3-11(2)10-4-6(7,8)9/h4H,3H2,1-2H3. The van der Waals surface area contributed by atoms with Crippen molar-refractivity contribution in [1.29, 1.82) is 0 Å². The van der Waals surface area contributed by atoms with Gasteiger partial charge < -0.3 is 0 Å². The maximum atomic E-state index is 11.5. The van der Waals surface area contributed by atoms with E-state index in [-0.39, 0.29) is 18.5 Å². The van der Waals surface area contributed by atoms with Crippen molar-refractivity contribution in [2.75, 3.05) is 13.6 Å². The number of carbonyl (C=O) groups excluding carboxylic acids is 1. The third kappa shape index (κ3) is 7.04. The van der Waals surface area contributed by atoms with Gasteiger partial charge in [0.2, 0.25) is 0 Å². The summed E-state index contributed by atoms with van der Waals surface area (Å²) in [7, 11) is 1.30. The molecule has 0 fully saturated rings. The summed E-state index contributed by atoms with van der Waals surface area (Å²) in [6.45, 7) is 1.16. The van der Waals surface area contributed by atoms with Crippen LogP contribution in [0.4, 0.5) is 13.2 Å². The molecule has 0 N–H and O–H groups in total. The fourth-order valence-electron chi connectivity index (χ4n) is 0.527. The van der Waals surface area contributed by atoms with Crippen molar-refractivity contribution in [2.45, 2.75) is 13.1 Å². The smallest absolute Gasteiger partial charge is 0.298 e. The van der Waals surface area contributed by atoms with E-state index >= 15 is 0 Å². The highest BCUT2D eigenvalue weighted by molar-refractivity contribution is 5.77. The van der Waals surface area contributed by atoms with E-state index in [1.807, 2.05) is 0 Å². The maximum absolute atomic E-state index is 11.5. The van der Waals surface area contributed by atoms with Gasteiger partial charge in [-0.25, -0.2) is 0 Å². The van der Waals surface area contributed by atoms with Crippen molar-refractivity contribution in [3.05, 3.63) is 0 Å². The Balaban J connectivity index is 3.91. The monoisotopic (exact) mass is 182 g/mol. The minimum Gasteiger partial charge on any atom is -0.298 e. The van der Waals surface area contributed by atoms with E-state index in [9.17, 15) is 18.0 Å². The van der Waals surface area contributed by atoms with E-state index < -0.39 is 6.18 Å². The van der Waals surface area contributed by atoms with Crippen LogP contribution >= 0.6 is 0 Å². The molecule has 0 aromatic carbocycles. The van der Waals surface area contributed by atoms with Crippen LogP contribution in [0.5, 0.6) is 0 Å². The summed E-state index contributed by atoms with van der Waals surface area (Å²) in [4.78, 5) is 10.4. The van der Waals surface area contributed by atoms with Gasteiger partial charge in [-0.1, -0.05) is 0 Å². The van der Waals surface area contributed by atoms with E-state index in [4.69, 9.17) is 0 Å². The minimum atomic E-state index is -4.43. The lowest BCUT2D eigenvalue weighted by atomic mass is 10.4. The molecular formula is C6H9F3N2O. The van der Waals surface area contributed by atoms with Crippen LogP contribution in [0.1, 0.15) is 6.92 Å². The average Bonchev–Trinajstić information content (AvgIpc) is 1.80. The fraction of sp³-hybridized carbons (Fsp3) is 0.667. The predicted molar refractivity (Wildman–Crippen MR) is 37.9 cm³/mol.